The van der Waals surface area contributed by atoms with E-state index >= 15 is 0 Å². The van der Waals surface area contributed by atoms with Crippen molar-refractivity contribution in [3.05, 3.63) is 71.5 Å². The summed E-state index contributed by atoms with van der Waals surface area (Å²) < 4.78 is 5.54. The lowest BCUT2D eigenvalue weighted by atomic mass is 9.95. The highest BCUT2D eigenvalue weighted by Gasteiger charge is 2.34. The molecule has 0 bridgehead atoms. The molecule has 1 fully saturated rings. The Hall–Kier alpha value is -2.37. The summed E-state index contributed by atoms with van der Waals surface area (Å²) in [5, 5.41) is 3.39. The average molecular weight is 390 g/mol. The minimum absolute atomic E-state index is 0.539. The van der Waals surface area contributed by atoms with Crippen LogP contribution in [0.15, 0.2) is 59.7 Å². The molecule has 3 aromatic rings. The van der Waals surface area contributed by atoms with Crippen LogP contribution in [0, 0.1) is 0 Å². The van der Waals surface area contributed by atoms with Gasteiger partial charge in [0.25, 0.3) is 0 Å². The number of benzene rings is 2. The molecule has 5 rings (SSSR count). The Morgan fingerprint density at radius 3 is 2.96 bits per heavy atom. The first-order valence-electron chi connectivity index (χ1n) is 9.82. The van der Waals surface area contributed by atoms with Crippen LogP contribution in [0.2, 0.25) is 0 Å². The van der Waals surface area contributed by atoms with Crippen molar-refractivity contribution < 1.29 is 4.74 Å². The summed E-state index contributed by atoms with van der Waals surface area (Å²) in [7, 11) is 0. The van der Waals surface area contributed by atoms with E-state index in [1.165, 1.54) is 11.1 Å². The van der Waals surface area contributed by atoms with Crippen LogP contribution < -0.4 is 0 Å². The number of pyridine rings is 1. The third-order valence-electron chi connectivity index (χ3n) is 5.47. The monoisotopic (exact) mass is 389 g/mol. The second kappa shape index (κ2) is 7.57. The lowest BCUT2D eigenvalue weighted by molar-refractivity contribution is 0.131. The smallest absolute Gasteiger partial charge is 0.165 e. The molecule has 0 spiro atoms. The van der Waals surface area contributed by atoms with Gasteiger partial charge in [0, 0.05) is 41.9 Å². The number of aromatic nitrogens is 1. The van der Waals surface area contributed by atoms with Crippen molar-refractivity contribution in [3.63, 3.8) is 0 Å². The predicted molar refractivity (Wildman–Crippen MR) is 116 cm³/mol. The van der Waals surface area contributed by atoms with Crippen molar-refractivity contribution >= 4 is 33.4 Å². The first kappa shape index (κ1) is 17.7. The molecule has 0 N–H and O–H groups in total. The minimum atomic E-state index is 0.539. The molecule has 0 radical (unpaired) electrons. The van der Waals surface area contributed by atoms with Crippen LogP contribution in [0.1, 0.15) is 23.7 Å². The first-order valence-corrected chi connectivity index (χ1v) is 10.8. The van der Waals surface area contributed by atoms with Gasteiger partial charge in [-0.15, -0.1) is 0 Å². The summed E-state index contributed by atoms with van der Waals surface area (Å²) in [6.07, 6.45) is 3.04. The number of fused-ring (bicyclic) bond motifs is 3. The van der Waals surface area contributed by atoms with Gasteiger partial charge in [0.15, 0.2) is 5.17 Å². The zero-order chi connectivity index (χ0) is 18.9. The lowest BCUT2D eigenvalue weighted by Crippen LogP contribution is -2.38. The number of aliphatic imine (C=N–C) groups is 1. The zero-order valence-corrected chi connectivity index (χ0v) is 16.8. The van der Waals surface area contributed by atoms with Crippen LogP contribution in [0.3, 0.4) is 0 Å². The molecule has 142 valence electrons. The van der Waals surface area contributed by atoms with Crippen LogP contribution in [0.25, 0.3) is 10.8 Å². The molecule has 0 unspecified atom stereocenters. The maximum Gasteiger partial charge on any atom is 0.165 e. The highest BCUT2D eigenvalue weighted by molar-refractivity contribution is 8.14. The Morgan fingerprint density at radius 2 is 2.07 bits per heavy atom. The molecule has 0 aliphatic carbocycles. The number of hydrogen-bond acceptors (Lipinski definition) is 4. The molecule has 0 amide bonds. The topological polar surface area (TPSA) is 37.7 Å². The van der Waals surface area contributed by atoms with Gasteiger partial charge in [-0.05, 0) is 36.6 Å². The number of thioether (sulfide) groups is 1. The number of amidine groups is 1. The molecular formula is C23H23N3OS. The Kier molecular flexibility index (Phi) is 4.79. The molecule has 2 aromatic carbocycles. The number of ether oxygens (including phenoxy) is 1. The largest absolute Gasteiger partial charge is 0.375 e. The van der Waals surface area contributed by atoms with E-state index in [4.69, 9.17) is 9.73 Å². The summed E-state index contributed by atoms with van der Waals surface area (Å²) >= 11 is 1.88. The van der Waals surface area contributed by atoms with Gasteiger partial charge in [0.1, 0.15) is 0 Å². The van der Waals surface area contributed by atoms with E-state index in [-0.39, 0.29) is 0 Å². The van der Waals surface area contributed by atoms with Crippen LogP contribution in [-0.4, -0.2) is 33.5 Å². The molecule has 1 aromatic heterocycles. The van der Waals surface area contributed by atoms with Crippen molar-refractivity contribution in [2.24, 2.45) is 4.99 Å². The molecule has 3 heterocycles. The van der Waals surface area contributed by atoms with E-state index in [0.717, 1.165) is 46.0 Å². The zero-order valence-electron chi connectivity index (χ0n) is 16.0. The van der Waals surface area contributed by atoms with Crippen molar-refractivity contribution in [1.29, 1.82) is 0 Å². The summed E-state index contributed by atoms with van der Waals surface area (Å²) in [6.45, 7) is 4.19. The highest BCUT2D eigenvalue weighted by Crippen LogP contribution is 2.36. The Bertz CT molecular complexity index is 1050. The van der Waals surface area contributed by atoms with E-state index in [1.807, 2.05) is 24.9 Å². The van der Waals surface area contributed by atoms with Gasteiger partial charge in [-0.1, -0.05) is 48.2 Å². The number of nitrogens with zero attached hydrogens (tertiary/aromatic N) is 3. The second-order valence-electron chi connectivity index (χ2n) is 7.27. The van der Waals surface area contributed by atoms with Crippen LogP contribution in [-0.2, 0) is 24.3 Å². The molecule has 2 aliphatic rings. The quantitative estimate of drug-likeness (QED) is 0.634. The summed E-state index contributed by atoms with van der Waals surface area (Å²) in [4.78, 5) is 12.1. The molecule has 1 saturated heterocycles. The van der Waals surface area contributed by atoms with E-state index in [2.05, 4.69) is 58.4 Å². The molecule has 2 aliphatic heterocycles. The van der Waals surface area contributed by atoms with E-state index < -0.39 is 0 Å². The first-order chi connectivity index (χ1) is 13.8. The highest BCUT2D eigenvalue weighted by atomic mass is 32.2. The van der Waals surface area contributed by atoms with Crippen LogP contribution >= 0.6 is 11.8 Å². The maximum absolute atomic E-state index is 5.54. The average Bonchev–Trinajstić information content (AvgIpc) is 3.12. The van der Waals surface area contributed by atoms with Crippen LogP contribution in [0.4, 0.5) is 5.69 Å². The number of rotatable bonds is 4. The van der Waals surface area contributed by atoms with Gasteiger partial charge in [-0.3, -0.25) is 4.98 Å². The van der Waals surface area contributed by atoms with Gasteiger partial charge in [-0.2, -0.15) is 0 Å². The van der Waals surface area contributed by atoms with Gasteiger partial charge in [0.2, 0.25) is 0 Å². The number of hydrogen-bond donors (Lipinski definition) is 0. The molecular weight excluding hydrogens is 366 g/mol. The lowest BCUT2D eigenvalue weighted by Gasteiger charge is -2.32. The molecule has 4 nitrogen and oxygen atoms in total. The Balaban J connectivity index is 1.50. The van der Waals surface area contributed by atoms with Crippen molar-refractivity contribution in [1.82, 2.24) is 9.88 Å². The van der Waals surface area contributed by atoms with Gasteiger partial charge >= 0.3 is 0 Å². The van der Waals surface area contributed by atoms with Gasteiger partial charge in [0.05, 0.1) is 18.0 Å². The van der Waals surface area contributed by atoms with Gasteiger partial charge in [-0.25, -0.2) is 4.99 Å². The standard InChI is InChI=1S/C23H23N3OS/c1-2-27-14-19-11-21-17(12-24-19)8-5-9-22(21)25-23-26-13-18-7-4-3-6-16(18)10-20(26)15-28-23/h3-9,11-12,20H,2,10,13-15H2,1H3/t20-/m0/s1. The Labute approximate surface area is 169 Å². The van der Waals surface area contributed by atoms with E-state index in [1.54, 1.807) is 0 Å². The Morgan fingerprint density at radius 1 is 1.18 bits per heavy atom. The minimum Gasteiger partial charge on any atom is -0.375 e. The third-order valence-corrected chi connectivity index (χ3v) is 6.61. The molecule has 28 heavy (non-hydrogen) atoms. The van der Waals surface area contributed by atoms with Crippen LogP contribution in [0.5, 0.6) is 0 Å². The van der Waals surface area contributed by atoms with E-state index in [0.29, 0.717) is 19.3 Å². The maximum atomic E-state index is 5.54. The summed E-state index contributed by atoms with van der Waals surface area (Å²) in [5.74, 6) is 1.11. The summed E-state index contributed by atoms with van der Waals surface area (Å²) in [6, 6.07) is 17.7. The normalized spacial score (nSPS) is 19.8. The predicted octanol–water partition coefficient (Wildman–Crippen LogP) is 4.93. The molecule has 1 atom stereocenters. The van der Waals surface area contributed by atoms with Crippen molar-refractivity contribution in [2.75, 3.05) is 12.4 Å². The van der Waals surface area contributed by atoms with Crippen molar-refractivity contribution in [3.8, 4) is 0 Å². The van der Waals surface area contributed by atoms with E-state index in [9.17, 15) is 0 Å². The summed E-state index contributed by atoms with van der Waals surface area (Å²) in [5.41, 5.74) is 4.88. The third kappa shape index (κ3) is 3.29. The molecule has 5 heteroatoms. The van der Waals surface area contributed by atoms with Crippen molar-refractivity contribution in [2.45, 2.75) is 32.5 Å². The fourth-order valence-electron chi connectivity index (χ4n) is 3.99. The second-order valence-corrected chi connectivity index (χ2v) is 8.26. The van der Waals surface area contributed by atoms with Gasteiger partial charge < -0.3 is 9.64 Å². The molecule has 0 saturated carbocycles. The fraction of sp³-hybridized carbons (Fsp3) is 0.304. The fourth-order valence-corrected chi connectivity index (χ4v) is 5.17. The SMILES string of the molecule is CCOCc1cc2c(N=C3SC[C@@H]4Cc5ccccc5CN34)cccc2cn1.